The first-order valence-electron chi connectivity index (χ1n) is 4.74. The van der Waals surface area contributed by atoms with Crippen molar-refractivity contribution in [3.8, 4) is 6.07 Å². The fourth-order valence-corrected chi connectivity index (χ4v) is 1.87. The first-order valence-corrected chi connectivity index (χ1v) is 4.74. The summed E-state index contributed by atoms with van der Waals surface area (Å²) in [5.41, 5.74) is -1.13. The Hall–Kier alpha value is -2.03. The molecule has 0 bridgehead atoms. The van der Waals surface area contributed by atoms with Gasteiger partial charge in [-0.05, 0) is 17.7 Å². The van der Waals surface area contributed by atoms with E-state index in [1.807, 2.05) is 0 Å². The van der Waals surface area contributed by atoms with Crippen molar-refractivity contribution in [1.29, 1.82) is 5.26 Å². The maximum absolute atomic E-state index is 12.8. The Kier molecular flexibility index (Phi) is 2.35. The summed E-state index contributed by atoms with van der Waals surface area (Å²) in [6.45, 7) is -0.0747. The average molecular weight is 240 g/mol. The highest BCUT2D eigenvalue weighted by Crippen LogP contribution is 2.37. The first-order chi connectivity index (χ1) is 7.84. The minimum absolute atomic E-state index is 0.0288. The summed E-state index contributed by atoms with van der Waals surface area (Å²) in [6, 6.07) is 3.62. The predicted molar refractivity (Wildman–Crippen MR) is 52.0 cm³/mol. The molecule has 0 radical (unpaired) electrons. The molecule has 0 spiro atoms. The van der Waals surface area contributed by atoms with Crippen LogP contribution in [0.15, 0.2) is 12.1 Å². The summed E-state index contributed by atoms with van der Waals surface area (Å²) in [5, 5.41) is 8.67. The van der Waals surface area contributed by atoms with Gasteiger partial charge in [0.2, 0.25) is 0 Å². The lowest BCUT2D eigenvalue weighted by atomic mass is 9.99. The Morgan fingerprint density at radius 3 is 2.59 bits per heavy atom. The van der Waals surface area contributed by atoms with Crippen LogP contribution >= 0.6 is 0 Å². The smallest absolute Gasteiger partial charge is 0.337 e. The highest BCUT2D eigenvalue weighted by atomic mass is 19.4. The third-order valence-corrected chi connectivity index (χ3v) is 2.66. The Labute approximate surface area is 95.1 Å². The van der Waals surface area contributed by atoms with Crippen LogP contribution < -0.4 is 0 Å². The molecular weight excluding hydrogens is 233 g/mol. The number of hydrogen-bond acceptors (Lipinski definition) is 2. The number of benzene rings is 1. The summed E-state index contributed by atoms with van der Waals surface area (Å²) in [4.78, 5) is 12.8. The van der Waals surface area contributed by atoms with Crippen LogP contribution in [0.1, 0.15) is 27.0 Å². The van der Waals surface area contributed by atoms with E-state index in [1.165, 1.54) is 18.0 Å². The number of fused-ring (bicyclic) bond motifs is 1. The molecule has 1 aliphatic rings. The van der Waals surface area contributed by atoms with Crippen molar-refractivity contribution in [3.63, 3.8) is 0 Å². The van der Waals surface area contributed by atoms with Crippen LogP contribution in [-0.4, -0.2) is 17.9 Å². The lowest BCUT2D eigenvalue weighted by Gasteiger charge is -2.11. The highest BCUT2D eigenvalue weighted by molar-refractivity contribution is 5.99. The molecule has 6 heteroatoms. The van der Waals surface area contributed by atoms with Gasteiger partial charge in [-0.15, -0.1) is 0 Å². The van der Waals surface area contributed by atoms with E-state index in [2.05, 4.69) is 0 Å². The second kappa shape index (κ2) is 3.48. The topological polar surface area (TPSA) is 44.1 Å². The Bertz CT molecular complexity index is 543. The minimum Gasteiger partial charge on any atom is -0.337 e. The standard InChI is InChI=1S/C11H7F3N2O/c1-16-5-8-7(10(16)17)2-6(4-15)3-9(8)11(12,13)14/h2-3H,5H2,1H3. The van der Waals surface area contributed by atoms with Gasteiger partial charge in [0.1, 0.15) is 0 Å². The molecule has 88 valence electrons. The van der Waals surface area contributed by atoms with Crippen LogP contribution in [0.25, 0.3) is 0 Å². The molecule has 0 N–H and O–H groups in total. The van der Waals surface area contributed by atoms with Crippen LogP contribution in [0.3, 0.4) is 0 Å². The van der Waals surface area contributed by atoms with Crippen molar-refractivity contribution < 1.29 is 18.0 Å². The molecular formula is C11H7F3N2O. The minimum atomic E-state index is -4.55. The van der Waals surface area contributed by atoms with Gasteiger partial charge in [-0.1, -0.05) is 0 Å². The highest BCUT2D eigenvalue weighted by Gasteiger charge is 2.39. The van der Waals surface area contributed by atoms with E-state index in [0.29, 0.717) is 0 Å². The van der Waals surface area contributed by atoms with E-state index in [4.69, 9.17) is 5.26 Å². The molecule has 1 heterocycles. The largest absolute Gasteiger partial charge is 0.416 e. The average Bonchev–Trinajstić information content (AvgIpc) is 2.53. The van der Waals surface area contributed by atoms with Gasteiger partial charge in [-0.3, -0.25) is 4.79 Å². The zero-order valence-electron chi connectivity index (χ0n) is 8.80. The number of amides is 1. The number of nitriles is 1. The molecule has 0 saturated heterocycles. The molecule has 1 aromatic rings. The van der Waals surface area contributed by atoms with E-state index >= 15 is 0 Å². The zero-order chi connectivity index (χ0) is 12.8. The molecule has 0 aliphatic carbocycles. The number of hydrogen-bond donors (Lipinski definition) is 0. The maximum atomic E-state index is 12.8. The van der Waals surface area contributed by atoms with Crippen molar-refractivity contribution in [2.75, 3.05) is 7.05 Å². The van der Waals surface area contributed by atoms with E-state index in [-0.39, 0.29) is 23.2 Å². The third kappa shape index (κ3) is 1.73. The first kappa shape index (κ1) is 11.5. The lowest BCUT2D eigenvalue weighted by molar-refractivity contribution is -0.138. The molecule has 0 unspecified atom stereocenters. The molecule has 1 aromatic carbocycles. The molecule has 2 rings (SSSR count). The van der Waals surface area contributed by atoms with Crippen molar-refractivity contribution in [1.82, 2.24) is 4.90 Å². The van der Waals surface area contributed by atoms with Gasteiger partial charge in [0.15, 0.2) is 0 Å². The van der Waals surface area contributed by atoms with Gasteiger partial charge in [-0.25, -0.2) is 0 Å². The van der Waals surface area contributed by atoms with Crippen molar-refractivity contribution in [3.05, 3.63) is 34.4 Å². The number of halogens is 3. The maximum Gasteiger partial charge on any atom is 0.416 e. The van der Waals surface area contributed by atoms with Crippen LogP contribution in [-0.2, 0) is 12.7 Å². The molecule has 0 atom stereocenters. The summed E-state index contributed by atoms with van der Waals surface area (Å²) in [7, 11) is 1.43. The Morgan fingerprint density at radius 2 is 2.06 bits per heavy atom. The predicted octanol–water partition coefficient (Wildman–Crippen LogP) is 2.16. The number of alkyl halides is 3. The fraction of sp³-hybridized carbons (Fsp3) is 0.273. The van der Waals surface area contributed by atoms with Crippen LogP contribution in [0, 0.1) is 11.3 Å². The van der Waals surface area contributed by atoms with Gasteiger partial charge in [-0.2, -0.15) is 18.4 Å². The van der Waals surface area contributed by atoms with Crippen molar-refractivity contribution >= 4 is 5.91 Å². The number of rotatable bonds is 0. The number of carbonyl (C=O) groups excluding carboxylic acids is 1. The second-order valence-corrected chi connectivity index (χ2v) is 3.82. The van der Waals surface area contributed by atoms with Crippen LogP contribution in [0.5, 0.6) is 0 Å². The van der Waals surface area contributed by atoms with Crippen molar-refractivity contribution in [2.24, 2.45) is 0 Å². The van der Waals surface area contributed by atoms with Gasteiger partial charge in [0.05, 0.1) is 17.2 Å². The SMILES string of the molecule is CN1Cc2c(cc(C#N)cc2C(F)(F)F)C1=O. The fourth-order valence-electron chi connectivity index (χ4n) is 1.87. The second-order valence-electron chi connectivity index (χ2n) is 3.82. The molecule has 17 heavy (non-hydrogen) atoms. The summed E-state index contributed by atoms with van der Waals surface area (Å²) in [5.74, 6) is -0.484. The quantitative estimate of drug-likeness (QED) is 0.697. The van der Waals surface area contributed by atoms with Gasteiger partial charge < -0.3 is 4.90 Å². The summed E-state index contributed by atoms with van der Waals surface area (Å²) in [6.07, 6.45) is -4.55. The molecule has 0 aromatic heterocycles. The van der Waals surface area contributed by atoms with E-state index in [1.54, 1.807) is 6.07 Å². The zero-order valence-corrected chi connectivity index (χ0v) is 8.80. The van der Waals surface area contributed by atoms with Crippen LogP contribution in [0.2, 0.25) is 0 Å². The molecule has 0 fully saturated rings. The van der Waals surface area contributed by atoms with Gasteiger partial charge >= 0.3 is 6.18 Å². The Balaban J connectivity index is 2.71. The van der Waals surface area contributed by atoms with Crippen molar-refractivity contribution in [2.45, 2.75) is 12.7 Å². The van der Waals surface area contributed by atoms with Gasteiger partial charge in [0.25, 0.3) is 5.91 Å². The van der Waals surface area contributed by atoms with E-state index in [0.717, 1.165) is 6.07 Å². The lowest BCUT2D eigenvalue weighted by Crippen LogP contribution is -2.17. The van der Waals surface area contributed by atoms with Crippen LogP contribution in [0.4, 0.5) is 13.2 Å². The number of carbonyl (C=O) groups is 1. The summed E-state index contributed by atoms with van der Waals surface area (Å²) < 4.78 is 38.3. The normalized spacial score (nSPS) is 14.8. The molecule has 3 nitrogen and oxygen atoms in total. The third-order valence-electron chi connectivity index (χ3n) is 2.66. The Morgan fingerprint density at radius 1 is 1.41 bits per heavy atom. The van der Waals surface area contributed by atoms with E-state index in [9.17, 15) is 18.0 Å². The summed E-state index contributed by atoms with van der Waals surface area (Å²) >= 11 is 0. The molecule has 1 amide bonds. The molecule has 0 saturated carbocycles. The number of nitrogens with zero attached hydrogens (tertiary/aromatic N) is 2. The van der Waals surface area contributed by atoms with Gasteiger partial charge in [0, 0.05) is 19.2 Å². The molecule has 1 aliphatic heterocycles. The monoisotopic (exact) mass is 240 g/mol. The van der Waals surface area contributed by atoms with E-state index < -0.39 is 17.6 Å².